The molecule has 1 fully saturated rings. The minimum Gasteiger partial charge on any atom is -0.396 e. The number of aromatic nitrogens is 2. The van der Waals surface area contributed by atoms with Crippen LogP contribution >= 0.6 is 0 Å². The molecule has 17 heavy (non-hydrogen) atoms. The summed E-state index contributed by atoms with van der Waals surface area (Å²) in [6.45, 7) is 3.47. The normalized spacial score (nSPS) is 29.0. The van der Waals surface area contributed by atoms with Gasteiger partial charge >= 0.3 is 0 Å². The standard InChI is InChI=1S/C13H21N3O/c17-9-10-3-4-13-15-12(8-16(13)7-10)11-2-1-5-14-6-11/h8,10-11,14,17H,1-7,9H2. The molecule has 4 nitrogen and oxygen atoms in total. The van der Waals surface area contributed by atoms with Crippen molar-refractivity contribution in [3.63, 3.8) is 0 Å². The van der Waals surface area contributed by atoms with E-state index in [1.54, 1.807) is 0 Å². The van der Waals surface area contributed by atoms with Gasteiger partial charge in [0.05, 0.1) is 5.69 Å². The Balaban J connectivity index is 1.77. The highest BCUT2D eigenvalue weighted by Gasteiger charge is 2.23. The maximum atomic E-state index is 9.23. The van der Waals surface area contributed by atoms with Crippen molar-refractivity contribution in [1.82, 2.24) is 14.9 Å². The van der Waals surface area contributed by atoms with Crippen molar-refractivity contribution in [2.24, 2.45) is 5.92 Å². The van der Waals surface area contributed by atoms with Crippen molar-refractivity contribution in [2.75, 3.05) is 19.7 Å². The molecule has 1 saturated heterocycles. The number of imidazole rings is 1. The van der Waals surface area contributed by atoms with Gasteiger partial charge in [0, 0.05) is 44.1 Å². The van der Waals surface area contributed by atoms with Crippen molar-refractivity contribution < 1.29 is 5.11 Å². The van der Waals surface area contributed by atoms with Gasteiger partial charge in [-0.3, -0.25) is 0 Å². The van der Waals surface area contributed by atoms with Crippen LogP contribution in [0.2, 0.25) is 0 Å². The topological polar surface area (TPSA) is 50.1 Å². The van der Waals surface area contributed by atoms with Gasteiger partial charge < -0.3 is 15.0 Å². The van der Waals surface area contributed by atoms with Gasteiger partial charge in [-0.25, -0.2) is 4.98 Å². The maximum Gasteiger partial charge on any atom is 0.108 e. The van der Waals surface area contributed by atoms with E-state index in [2.05, 4.69) is 16.1 Å². The van der Waals surface area contributed by atoms with Crippen LogP contribution < -0.4 is 5.32 Å². The van der Waals surface area contributed by atoms with Gasteiger partial charge in [0.2, 0.25) is 0 Å². The third-order valence-corrected chi connectivity index (χ3v) is 4.08. The van der Waals surface area contributed by atoms with Crippen LogP contribution in [-0.2, 0) is 13.0 Å². The van der Waals surface area contributed by atoms with Crippen LogP contribution in [0.4, 0.5) is 0 Å². The minimum atomic E-state index is 0.304. The number of nitrogens with one attached hydrogen (secondary N) is 1. The number of aliphatic hydroxyl groups excluding tert-OH is 1. The van der Waals surface area contributed by atoms with Gasteiger partial charge in [0.1, 0.15) is 5.82 Å². The Morgan fingerprint density at radius 1 is 1.47 bits per heavy atom. The van der Waals surface area contributed by atoms with Gasteiger partial charge in [-0.2, -0.15) is 0 Å². The third kappa shape index (κ3) is 2.24. The molecule has 4 heteroatoms. The minimum absolute atomic E-state index is 0.304. The van der Waals surface area contributed by atoms with E-state index in [0.717, 1.165) is 32.5 Å². The summed E-state index contributed by atoms with van der Waals surface area (Å²) in [6.07, 6.45) is 6.83. The summed E-state index contributed by atoms with van der Waals surface area (Å²) in [6, 6.07) is 0. The number of nitrogens with zero attached hydrogens (tertiary/aromatic N) is 2. The Hall–Kier alpha value is -0.870. The molecule has 2 atom stereocenters. The summed E-state index contributed by atoms with van der Waals surface area (Å²) in [5.74, 6) is 2.23. The average Bonchev–Trinajstić information content (AvgIpc) is 2.82. The van der Waals surface area contributed by atoms with E-state index in [-0.39, 0.29) is 0 Å². The molecule has 0 bridgehead atoms. The average molecular weight is 235 g/mol. The molecule has 3 heterocycles. The highest BCUT2D eigenvalue weighted by molar-refractivity contribution is 5.13. The van der Waals surface area contributed by atoms with Crippen molar-refractivity contribution in [2.45, 2.75) is 38.1 Å². The monoisotopic (exact) mass is 235 g/mol. The van der Waals surface area contributed by atoms with Gasteiger partial charge in [0.15, 0.2) is 0 Å². The third-order valence-electron chi connectivity index (χ3n) is 4.08. The molecule has 94 valence electrons. The summed E-state index contributed by atoms with van der Waals surface area (Å²) in [5.41, 5.74) is 1.26. The van der Waals surface area contributed by atoms with Crippen molar-refractivity contribution in [1.29, 1.82) is 0 Å². The predicted molar refractivity (Wildman–Crippen MR) is 66.0 cm³/mol. The summed E-state index contributed by atoms with van der Waals surface area (Å²) in [5, 5.41) is 12.7. The molecule has 2 N–H and O–H groups in total. The predicted octanol–water partition coefficient (Wildman–Crippen LogP) is 0.905. The Morgan fingerprint density at radius 2 is 2.41 bits per heavy atom. The number of hydrogen-bond acceptors (Lipinski definition) is 3. The molecule has 3 rings (SSSR count). The lowest BCUT2D eigenvalue weighted by molar-refractivity contribution is 0.190. The molecular formula is C13H21N3O. The van der Waals surface area contributed by atoms with E-state index in [1.807, 2.05) is 0 Å². The maximum absolute atomic E-state index is 9.23. The SMILES string of the molecule is OCC1CCc2nc(C3CCCNC3)cn2C1. The fraction of sp³-hybridized carbons (Fsp3) is 0.769. The van der Waals surface area contributed by atoms with E-state index in [1.165, 1.54) is 24.4 Å². The molecule has 1 aromatic rings. The number of piperidine rings is 1. The molecule has 0 radical (unpaired) electrons. The summed E-state index contributed by atoms with van der Waals surface area (Å²) in [7, 11) is 0. The van der Waals surface area contributed by atoms with Crippen LogP contribution in [-0.4, -0.2) is 34.4 Å². The fourth-order valence-corrected chi connectivity index (χ4v) is 2.99. The number of fused-ring (bicyclic) bond motifs is 1. The summed E-state index contributed by atoms with van der Waals surface area (Å²) < 4.78 is 2.26. The van der Waals surface area contributed by atoms with Crippen LogP contribution in [0, 0.1) is 5.92 Å². The molecule has 0 spiro atoms. The lowest BCUT2D eigenvalue weighted by atomic mass is 9.97. The fourth-order valence-electron chi connectivity index (χ4n) is 2.99. The second-order valence-electron chi connectivity index (χ2n) is 5.36. The number of aryl methyl sites for hydroxylation is 1. The quantitative estimate of drug-likeness (QED) is 0.801. The van der Waals surface area contributed by atoms with Crippen LogP contribution in [0.5, 0.6) is 0 Å². The Labute approximate surface area is 102 Å². The first-order valence-electron chi connectivity index (χ1n) is 6.74. The molecule has 2 aliphatic heterocycles. The van der Waals surface area contributed by atoms with Crippen LogP contribution in [0.3, 0.4) is 0 Å². The van der Waals surface area contributed by atoms with E-state index >= 15 is 0 Å². The molecule has 0 amide bonds. The Kier molecular flexibility index (Phi) is 3.16. The van der Waals surface area contributed by atoms with Crippen LogP contribution in [0.25, 0.3) is 0 Å². The largest absolute Gasteiger partial charge is 0.396 e. The van der Waals surface area contributed by atoms with Gasteiger partial charge in [-0.05, 0) is 25.8 Å². The number of hydrogen-bond donors (Lipinski definition) is 2. The molecule has 0 aliphatic carbocycles. The molecule has 2 aliphatic rings. The Bertz CT molecular complexity index is 382. The van der Waals surface area contributed by atoms with E-state index in [9.17, 15) is 5.11 Å². The second kappa shape index (κ2) is 4.78. The molecular weight excluding hydrogens is 214 g/mol. The zero-order valence-corrected chi connectivity index (χ0v) is 10.2. The molecule has 2 unspecified atom stereocenters. The van der Waals surface area contributed by atoms with Crippen molar-refractivity contribution in [3.8, 4) is 0 Å². The van der Waals surface area contributed by atoms with Gasteiger partial charge in [-0.15, -0.1) is 0 Å². The highest BCUT2D eigenvalue weighted by Crippen LogP contribution is 2.26. The molecule has 0 saturated carbocycles. The number of rotatable bonds is 2. The van der Waals surface area contributed by atoms with Crippen LogP contribution in [0.15, 0.2) is 6.20 Å². The van der Waals surface area contributed by atoms with Gasteiger partial charge in [-0.1, -0.05) is 0 Å². The lowest BCUT2D eigenvalue weighted by Crippen LogP contribution is -2.28. The highest BCUT2D eigenvalue weighted by atomic mass is 16.3. The first kappa shape index (κ1) is 11.2. The zero-order chi connectivity index (χ0) is 11.7. The van der Waals surface area contributed by atoms with E-state index in [4.69, 9.17) is 4.98 Å². The summed E-state index contributed by atoms with van der Waals surface area (Å²) in [4.78, 5) is 4.78. The molecule has 1 aromatic heterocycles. The second-order valence-corrected chi connectivity index (χ2v) is 5.36. The smallest absolute Gasteiger partial charge is 0.108 e. The van der Waals surface area contributed by atoms with Crippen molar-refractivity contribution >= 4 is 0 Å². The van der Waals surface area contributed by atoms with Gasteiger partial charge in [0.25, 0.3) is 0 Å². The Morgan fingerprint density at radius 3 is 3.18 bits per heavy atom. The summed E-state index contributed by atoms with van der Waals surface area (Å²) >= 11 is 0. The first-order chi connectivity index (χ1) is 8.36. The number of aliphatic hydroxyl groups is 1. The lowest BCUT2D eigenvalue weighted by Gasteiger charge is -2.21. The first-order valence-corrected chi connectivity index (χ1v) is 6.74. The zero-order valence-electron chi connectivity index (χ0n) is 10.2. The van der Waals surface area contributed by atoms with Crippen LogP contribution in [0.1, 0.15) is 36.7 Å². The van der Waals surface area contributed by atoms with E-state index in [0.29, 0.717) is 18.4 Å². The molecule has 0 aromatic carbocycles. The van der Waals surface area contributed by atoms with Crippen molar-refractivity contribution in [3.05, 3.63) is 17.7 Å². The van der Waals surface area contributed by atoms with E-state index < -0.39 is 0 Å².